The third-order valence-electron chi connectivity index (χ3n) is 3.92. The molecule has 2 aromatic carbocycles. The summed E-state index contributed by atoms with van der Waals surface area (Å²) in [6, 6.07) is 10.5. The van der Waals surface area contributed by atoms with Crippen molar-refractivity contribution in [2.24, 2.45) is 0 Å². The summed E-state index contributed by atoms with van der Waals surface area (Å²) in [6.07, 6.45) is 0. The Kier molecular flexibility index (Phi) is 2.84. The van der Waals surface area contributed by atoms with E-state index in [1.54, 1.807) is 12.1 Å². The predicted octanol–water partition coefficient (Wildman–Crippen LogP) is 2.27. The molecule has 20 heavy (non-hydrogen) atoms. The van der Waals surface area contributed by atoms with Gasteiger partial charge >= 0.3 is 0 Å². The van der Waals surface area contributed by atoms with Crippen LogP contribution in [0.2, 0.25) is 0 Å². The molecular formula is C15H16N2O2S. The van der Waals surface area contributed by atoms with E-state index in [2.05, 4.69) is 4.72 Å². The Morgan fingerprint density at radius 3 is 2.50 bits per heavy atom. The van der Waals surface area contributed by atoms with E-state index in [4.69, 9.17) is 5.73 Å². The molecule has 0 saturated heterocycles. The van der Waals surface area contributed by atoms with Gasteiger partial charge in [0.25, 0.3) is 0 Å². The summed E-state index contributed by atoms with van der Waals surface area (Å²) >= 11 is 0. The number of sulfonamides is 1. The standard InChI is InChI=1S/C15H16N2O2S/c1-9-7-8-12(14(16)10(9)2)15-11-5-3-4-6-13(11)20(18,19)17-15/h3-8,15,17H,16H2,1-2H3. The van der Waals surface area contributed by atoms with Gasteiger partial charge in [-0.15, -0.1) is 0 Å². The Labute approximate surface area is 118 Å². The summed E-state index contributed by atoms with van der Waals surface area (Å²) in [4.78, 5) is 0.336. The van der Waals surface area contributed by atoms with Crippen molar-refractivity contribution in [3.05, 3.63) is 58.7 Å². The van der Waals surface area contributed by atoms with Crippen LogP contribution >= 0.6 is 0 Å². The molecule has 0 fully saturated rings. The molecule has 0 bridgehead atoms. The molecule has 1 heterocycles. The van der Waals surface area contributed by atoms with Crippen LogP contribution in [0.1, 0.15) is 28.3 Å². The average molecular weight is 288 g/mol. The predicted molar refractivity (Wildman–Crippen MR) is 78.9 cm³/mol. The Hall–Kier alpha value is -1.85. The van der Waals surface area contributed by atoms with Gasteiger partial charge in [-0.2, -0.15) is 4.72 Å². The molecule has 0 spiro atoms. The van der Waals surface area contributed by atoms with E-state index < -0.39 is 16.1 Å². The van der Waals surface area contributed by atoms with E-state index in [-0.39, 0.29) is 0 Å². The van der Waals surface area contributed by atoms with Gasteiger partial charge in [-0.3, -0.25) is 0 Å². The first-order valence-corrected chi connectivity index (χ1v) is 7.87. The average Bonchev–Trinajstić information content (AvgIpc) is 2.69. The third-order valence-corrected chi connectivity index (χ3v) is 5.42. The maximum absolute atomic E-state index is 12.1. The zero-order valence-electron chi connectivity index (χ0n) is 11.3. The highest BCUT2D eigenvalue weighted by Crippen LogP contribution is 2.38. The molecule has 0 saturated carbocycles. The minimum Gasteiger partial charge on any atom is -0.398 e. The Morgan fingerprint density at radius 2 is 1.75 bits per heavy atom. The van der Waals surface area contributed by atoms with Crippen LogP contribution in [0.4, 0.5) is 5.69 Å². The van der Waals surface area contributed by atoms with Gasteiger partial charge in [0.2, 0.25) is 10.0 Å². The first-order valence-electron chi connectivity index (χ1n) is 6.38. The fourth-order valence-electron chi connectivity index (χ4n) is 2.59. The molecule has 4 nitrogen and oxygen atoms in total. The van der Waals surface area contributed by atoms with Crippen LogP contribution in [0.3, 0.4) is 0 Å². The molecule has 1 aliphatic rings. The maximum Gasteiger partial charge on any atom is 0.241 e. The van der Waals surface area contributed by atoms with Gasteiger partial charge in [0.15, 0.2) is 0 Å². The molecule has 3 rings (SSSR count). The van der Waals surface area contributed by atoms with Crippen LogP contribution < -0.4 is 10.5 Å². The van der Waals surface area contributed by atoms with Gasteiger partial charge in [-0.25, -0.2) is 8.42 Å². The summed E-state index contributed by atoms with van der Waals surface area (Å²) in [6.45, 7) is 3.94. The number of aryl methyl sites for hydroxylation is 1. The SMILES string of the molecule is Cc1ccc(C2NS(=O)(=O)c3ccccc32)c(N)c1C. The fraction of sp³-hybridized carbons (Fsp3) is 0.200. The highest BCUT2D eigenvalue weighted by Gasteiger charge is 2.35. The number of hydrogen-bond donors (Lipinski definition) is 2. The van der Waals surface area contributed by atoms with Gasteiger partial charge in [0, 0.05) is 5.69 Å². The molecule has 5 heteroatoms. The zero-order valence-corrected chi connectivity index (χ0v) is 12.2. The molecule has 104 valence electrons. The van der Waals surface area contributed by atoms with Crippen molar-refractivity contribution in [2.45, 2.75) is 24.8 Å². The molecule has 1 aliphatic heterocycles. The summed E-state index contributed by atoms with van der Waals surface area (Å²) in [5, 5.41) is 0. The van der Waals surface area contributed by atoms with Gasteiger partial charge in [-0.1, -0.05) is 30.3 Å². The molecular weight excluding hydrogens is 272 g/mol. The second kappa shape index (κ2) is 4.33. The zero-order chi connectivity index (χ0) is 14.5. The van der Waals surface area contributed by atoms with Crippen molar-refractivity contribution in [1.29, 1.82) is 0 Å². The lowest BCUT2D eigenvalue weighted by Gasteiger charge is -2.16. The Balaban J connectivity index is 2.22. The van der Waals surface area contributed by atoms with E-state index in [9.17, 15) is 8.42 Å². The van der Waals surface area contributed by atoms with Crippen molar-refractivity contribution in [3.8, 4) is 0 Å². The van der Waals surface area contributed by atoms with Crippen molar-refractivity contribution in [3.63, 3.8) is 0 Å². The lowest BCUT2D eigenvalue weighted by Crippen LogP contribution is -2.21. The Bertz CT molecular complexity index is 798. The van der Waals surface area contributed by atoms with Crippen LogP contribution in [-0.2, 0) is 10.0 Å². The topological polar surface area (TPSA) is 72.2 Å². The van der Waals surface area contributed by atoms with Crippen molar-refractivity contribution < 1.29 is 8.42 Å². The number of benzene rings is 2. The number of anilines is 1. The highest BCUT2D eigenvalue weighted by molar-refractivity contribution is 7.89. The molecule has 1 unspecified atom stereocenters. The first kappa shape index (κ1) is 13.1. The van der Waals surface area contributed by atoms with Gasteiger partial charge in [0.05, 0.1) is 10.9 Å². The lowest BCUT2D eigenvalue weighted by atomic mass is 9.94. The quantitative estimate of drug-likeness (QED) is 0.791. The molecule has 0 radical (unpaired) electrons. The Morgan fingerprint density at radius 1 is 1.05 bits per heavy atom. The van der Waals surface area contributed by atoms with E-state index in [1.165, 1.54) is 0 Å². The largest absolute Gasteiger partial charge is 0.398 e. The van der Waals surface area contributed by atoms with Crippen molar-refractivity contribution in [1.82, 2.24) is 4.72 Å². The van der Waals surface area contributed by atoms with E-state index in [0.29, 0.717) is 10.6 Å². The number of fused-ring (bicyclic) bond motifs is 1. The summed E-state index contributed by atoms with van der Waals surface area (Å²) in [5.41, 5.74) is 10.5. The molecule has 0 aromatic heterocycles. The molecule has 2 aromatic rings. The monoisotopic (exact) mass is 288 g/mol. The second-order valence-electron chi connectivity index (χ2n) is 5.10. The number of rotatable bonds is 1. The summed E-state index contributed by atoms with van der Waals surface area (Å²) in [5.74, 6) is 0. The lowest BCUT2D eigenvalue weighted by molar-refractivity contribution is 0.585. The number of nitrogens with one attached hydrogen (secondary N) is 1. The van der Waals surface area contributed by atoms with Crippen LogP contribution in [0.15, 0.2) is 41.3 Å². The highest BCUT2D eigenvalue weighted by atomic mass is 32.2. The minimum atomic E-state index is -3.45. The number of hydrogen-bond acceptors (Lipinski definition) is 3. The molecule has 0 aliphatic carbocycles. The maximum atomic E-state index is 12.1. The smallest absolute Gasteiger partial charge is 0.241 e. The molecule has 1 atom stereocenters. The van der Waals surface area contributed by atoms with Crippen LogP contribution in [0.5, 0.6) is 0 Å². The van der Waals surface area contributed by atoms with Crippen LogP contribution in [0.25, 0.3) is 0 Å². The van der Waals surface area contributed by atoms with Gasteiger partial charge in [-0.05, 0) is 42.2 Å². The number of nitrogens with two attached hydrogens (primary N) is 1. The van der Waals surface area contributed by atoms with Gasteiger partial charge in [0.1, 0.15) is 0 Å². The first-order chi connectivity index (χ1) is 9.42. The second-order valence-corrected chi connectivity index (χ2v) is 6.78. The van der Waals surface area contributed by atoms with Gasteiger partial charge < -0.3 is 5.73 Å². The van der Waals surface area contributed by atoms with E-state index in [1.807, 2.05) is 38.1 Å². The van der Waals surface area contributed by atoms with E-state index >= 15 is 0 Å². The van der Waals surface area contributed by atoms with Crippen molar-refractivity contribution >= 4 is 15.7 Å². The number of nitrogen functional groups attached to an aromatic ring is 1. The van der Waals surface area contributed by atoms with Crippen LogP contribution in [0, 0.1) is 13.8 Å². The van der Waals surface area contributed by atoms with Crippen LogP contribution in [-0.4, -0.2) is 8.42 Å². The van der Waals surface area contributed by atoms with Crippen molar-refractivity contribution in [2.75, 3.05) is 5.73 Å². The van der Waals surface area contributed by atoms with E-state index in [0.717, 1.165) is 22.3 Å². The fourth-order valence-corrected chi connectivity index (χ4v) is 4.03. The third kappa shape index (κ3) is 1.82. The summed E-state index contributed by atoms with van der Waals surface area (Å²) < 4.78 is 27.0. The normalized spacial score (nSPS) is 19.8. The molecule has 3 N–H and O–H groups in total. The minimum absolute atomic E-state index is 0.336. The summed E-state index contributed by atoms with van der Waals surface area (Å²) in [7, 11) is -3.45. The molecule has 0 amide bonds.